The normalized spacial score (nSPS) is 18.0. The molecule has 1 unspecified atom stereocenters. The zero-order chi connectivity index (χ0) is 14.7. The minimum atomic E-state index is 0.561. The molecule has 1 heterocycles. The lowest BCUT2D eigenvalue weighted by Gasteiger charge is -2.22. The van der Waals surface area contributed by atoms with Gasteiger partial charge in [-0.1, -0.05) is 36.4 Å². The van der Waals surface area contributed by atoms with Gasteiger partial charge >= 0.3 is 0 Å². The van der Waals surface area contributed by atoms with Crippen LogP contribution >= 0.6 is 0 Å². The highest BCUT2D eigenvalue weighted by Gasteiger charge is 2.25. The van der Waals surface area contributed by atoms with Crippen molar-refractivity contribution in [3.8, 4) is 5.75 Å². The summed E-state index contributed by atoms with van der Waals surface area (Å²) in [5.41, 5.74) is 9.72. The maximum atomic E-state index is 5.89. The van der Waals surface area contributed by atoms with Gasteiger partial charge in [-0.05, 0) is 23.6 Å². The van der Waals surface area contributed by atoms with E-state index in [0.717, 1.165) is 18.8 Å². The van der Waals surface area contributed by atoms with E-state index in [-0.39, 0.29) is 0 Å². The van der Waals surface area contributed by atoms with Crippen molar-refractivity contribution in [2.75, 3.05) is 25.1 Å². The van der Waals surface area contributed by atoms with Crippen molar-refractivity contribution >= 4 is 5.69 Å². The zero-order valence-electron chi connectivity index (χ0n) is 12.5. The smallest absolute Gasteiger partial charge is 0.120 e. The molecule has 1 fully saturated rings. The second kappa shape index (κ2) is 6.19. The van der Waals surface area contributed by atoms with Gasteiger partial charge in [-0.3, -0.25) is 0 Å². The summed E-state index contributed by atoms with van der Waals surface area (Å²) in [4.78, 5) is 2.43. The average molecular weight is 282 g/mol. The highest BCUT2D eigenvalue weighted by Crippen LogP contribution is 2.34. The third-order valence-electron chi connectivity index (χ3n) is 4.31. The molecule has 2 aromatic rings. The summed E-state index contributed by atoms with van der Waals surface area (Å²) < 4.78 is 5.36. The number of benzene rings is 2. The van der Waals surface area contributed by atoms with Crippen LogP contribution in [0.4, 0.5) is 5.69 Å². The second-order valence-electron chi connectivity index (χ2n) is 5.54. The van der Waals surface area contributed by atoms with E-state index in [1.807, 2.05) is 6.07 Å². The molecule has 3 heteroatoms. The third-order valence-corrected chi connectivity index (χ3v) is 4.31. The summed E-state index contributed by atoms with van der Waals surface area (Å²) in [6.07, 6.45) is 1.19. The Balaban J connectivity index is 1.83. The molecule has 1 saturated heterocycles. The van der Waals surface area contributed by atoms with Gasteiger partial charge in [0.25, 0.3) is 0 Å². The second-order valence-corrected chi connectivity index (χ2v) is 5.54. The molecule has 0 bridgehead atoms. The van der Waals surface area contributed by atoms with Gasteiger partial charge in [0, 0.05) is 37.3 Å². The van der Waals surface area contributed by atoms with Crippen LogP contribution in [-0.2, 0) is 6.54 Å². The van der Waals surface area contributed by atoms with Gasteiger partial charge in [-0.25, -0.2) is 0 Å². The molecular formula is C18H22N2O. The van der Waals surface area contributed by atoms with Crippen LogP contribution in [0.5, 0.6) is 5.75 Å². The monoisotopic (exact) mass is 282 g/mol. The lowest BCUT2D eigenvalue weighted by atomic mass is 9.99. The first-order valence-corrected chi connectivity index (χ1v) is 7.48. The first-order chi connectivity index (χ1) is 10.3. The molecule has 21 heavy (non-hydrogen) atoms. The molecule has 0 amide bonds. The third kappa shape index (κ3) is 2.88. The van der Waals surface area contributed by atoms with Crippen LogP contribution in [0.15, 0.2) is 48.5 Å². The maximum Gasteiger partial charge on any atom is 0.120 e. The van der Waals surface area contributed by atoms with Crippen molar-refractivity contribution in [1.29, 1.82) is 0 Å². The maximum absolute atomic E-state index is 5.89. The van der Waals surface area contributed by atoms with Gasteiger partial charge in [-0.2, -0.15) is 0 Å². The number of nitrogens with zero attached hydrogens (tertiary/aromatic N) is 1. The number of hydrogen-bond donors (Lipinski definition) is 1. The van der Waals surface area contributed by atoms with Gasteiger partial charge in [0.15, 0.2) is 0 Å². The standard InChI is InChI=1S/C18H22N2O/c1-21-17-8-7-15(12-19)18(11-17)20-10-9-16(13-20)14-5-3-2-4-6-14/h2-8,11,16H,9-10,12-13,19H2,1H3. The zero-order valence-corrected chi connectivity index (χ0v) is 12.5. The van der Waals surface area contributed by atoms with E-state index in [1.54, 1.807) is 7.11 Å². The summed E-state index contributed by atoms with van der Waals surface area (Å²) >= 11 is 0. The van der Waals surface area contributed by atoms with E-state index in [4.69, 9.17) is 10.5 Å². The molecule has 0 aromatic heterocycles. The Morgan fingerprint density at radius 3 is 2.71 bits per heavy atom. The highest BCUT2D eigenvalue weighted by molar-refractivity contribution is 5.58. The molecule has 0 spiro atoms. The highest BCUT2D eigenvalue weighted by atomic mass is 16.5. The van der Waals surface area contributed by atoms with Crippen molar-refractivity contribution in [3.05, 3.63) is 59.7 Å². The van der Waals surface area contributed by atoms with E-state index >= 15 is 0 Å². The van der Waals surface area contributed by atoms with Gasteiger partial charge in [0.1, 0.15) is 5.75 Å². The molecule has 1 aliphatic rings. The summed E-state index contributed by atoms with van der Waals surface area (Å²) in [5, 5.41) is 0. The number of methoxy groups -OCH3 is 1. The van der Waals surface area contributed by atoms with E-state index in [2.05, 4.69) is 47.4 Å². The quantitative estimate of drug-likeness (QED) is 0.936. The molecule has 0 saturated carbocycles. The molecule has 2 aromatic carbocycles. The topological polar surface area (TPSA) is 38.5 Å². The number of ether oxygens (including phenoxy) is 1. The minimum Gasteiger partial charge on any atom is -0.497 e. The van der Waals surface area contributed by atoms with Gasteiger partial charge in [-0.15, -0.1) is 0 Å². The van der Waals surface area contributed by atoms with Crippen molar-refractivity contribution in [2.45, 2.75) is 18.9 Å². The average Bonchev–Trinajstić information content (AvgIpc) is 3.05. The Morgan fingerprint density at radius 1 is 1.19 bits per heavy atom. The summed E-state index contributed by atoms with van der Waals surface area (Å²) in [6.45, 7) is 2.68. The molecule has 110 valence electrons. The fraction of sp³-hybridized carbons (Fsp3) is 0.333. The van der Waals surface area contributed by atoms with Crippen molar-refractivity contribution in [1.82, 2.24) is 0 Å². The van der Waals surface area contributed by atoms with Crippen LogP contribution < -0.4 is 15.4 Å². The summed E-state index contributed by atoms with van der Waals surface area (Å²) in [5.74, 6) is 1.49. The first kappa shape index (κ1) is 14.0. The predicted molar refractivity (Wildman–Crippen MR) is 86.9 cm³/mol. The van der Waals surface area contributed by atoms with E-state index in [1.165, 1.54) is 23.2 Å². The molecule has 3 rings (SSSR count). The lowest BCUT2D eigenvalue weighted by molar-refractivity contribution is 0.414. The van der Waals surface area contributed by atoms with Gasteiger partial charge in [0.2, 0.25) is 0 Å². The molecule has 0 aliphatic carbocycles. The van der Waals surface area contributed by atoms with Crippen LogP contribution in [0.2, 0.25) is 0 Å². The molecule has 3 nitrogen and oxygen atoms in total. The van der Waals surface area contributed by atoms with E-state index in [0.29, 0.717) is 12.5 Å². The Labute approximate surface area is 126 Å². The van der Waals surface area contributed by atoms with Crippen LogP contribution in [-0.4, -0.2) is 20.2 Å². The predicted octanol–water partition coefficient (Wildman–Crippen LogP) is 3.15. The fourth-order valence-electron chi connectivity index (χ4n) is 3.11. The van der Waals surface area contributed by atoms with Crippen LogP contribution in [0, 0.1) is 0 Å². The molecule has 0 radical (unpaired) electrons. The Morgan fingerprint density at radius 2 is 2.00 bits per heavy atom. The molecular weight excluding hydrogens is 260 g/mol. The fourth-order valence-corrected chi connectivity index (χ4v) is 3.11. The first-order valence-electron chi connectivity index (χ1n) is 7.48. The van der Waals surface area contributed by atoms with Crippen molar-refractivity contribution in [3.63, 3.8) is 0 Å². The number of rotatable bonds is 4. The summed E-state index contributed by atoms with van der Waals surface area (Å²) in [7, 11) is 1.71. The Kier molecular flexibility index (Phi) is 4.11. The van der Waals surface area contributed by atoms with Crippen molar-refractivity contribution < 1.29 is 4.74 Å². The number of nitrogens with two attached hydrogens (primary N) is 1. The Bertz CT molecular complexity index is 597. The summed E-state index contributed by atoms with van der Waals surface area (Å²) in [6, 6.07) is 16.9. The molecule has 1 atom stereocenters. The number of anilines is 1. The molecule has 2 N–H and O–H groups in total. The van der Waals surface area contributed by atoms with E-state index in [9.17, 15) is 0 Å². The van der Waals surface area contributed by atoms with Crippen LogP contribution in [0.3, 0.4) is 0 Å². The van der Waals surface area contributed by atoms with Crippen LogP contribution in [0.1, 0.15) is 23.5 Å². The number of hydrogen-bond acceptors (Lipinski definition) is 3. The van der Waals surface area contributed by atoms with Crippen LogP contribution in [0.25, 0.3) is 0 Å². The van der Waals surface area contributed by atoms with Gasteiger partial charge < -0.3 is 15.4 Å². The van der Waals surface area contributed by atoms with Gasteiger partial charge in [0.05, 0.1) is 7.11 Å². The lowest BCUT2D eigenvalue weighted by Crippen LogP contribution is -2.21. The van der Waals surface area contributed by atoms with E-state index < -0.39 is 0 Å². The van der Waals surface area contributed by atoms with Crippen molar-refractivity contribution in [2.24, 2.45) is 5.73 Å². The SMILES string of the molecule is COc1ccc(CN)c(N2CCC(c3ccccc3)C2)c1. The largest absolute Gasteiger partial charge is 0.497 e. The molecule has 1 aliphatic heterocycles. The Hall–Kier alpha value is -2.00. The minimum absolute atomic E-state index is 0.561.